The summed E-state index contributed by atoms with van der Waals surface area (Å²) in [6, 6.07) is 0. The Hall–Kier alpha value is -0.120. The highest BCUT2D eigenvalue weighted by atomic mass is 16.3. The van der Waals surface area contributed by atoms with Crippen LogP contribution >= 0.6 is 0 Å². The third kappa shape index (κ3) is 3.46. The van der Waals surface area contributed by atoms with Gasteiger partial charge in [0.1, 0.15) is 0 Å². The van der Waals surface area contributed by atoms with Crippen LogP contribution in [0.3, 0.4) is 0 Å². The Morgan fingerprint density at radius 2 is 2.06 bits per heavy atom. The number of β-amino-alcohol motifs (C(OH)–C–C–N with tert-alkyl or cyclic N) is 1. The molecular weight excluding hydrogens is 226 g/mol. The maximum absolute atomic E-state index is 10.2. The average molecular weight is 255 g/mol. The molecular formula is C15H29NO2. The predicted octanol–water partition coefficient (Wildman–Crippen LogP) is 1.88. The van der Waals surface area contributed by atoms with Gasteiger partial charge in [0.05, 0.1) is 11.7 Å². The van der Waals surface area contributed by atoms with Crippen molar-refractivity contribution >= 4 is 0 Å². The van der Waals surface area contributed by atoms with Crippen molar-refractivity contribution in [2.75, 3.05) is 19.6 Å². The van der Waals surface area contributed by atoms with Crippen LogP contribution in [0.5, 0.6) is 0 Å². The second-order valence-electron chi connectivity index (χ2n) is 7.13. The Labute approximate surface area is 111 Å². The lowest BCUT2D eigenvalue weighted by Gasteiger charge is -2.37. The molecule has 1 aliphatic carbocycles. The second kappa shape index (κ2) is 5.48. The van der Waals surface area contributed by atoms with Gasteiger partial charge >= 0.3 is 0 Å². The molecule has 0 bridgehead atoms. The van der Waals surface area contributed by atoms with Gasteiger partial charge in [-0.15, -0.1) is 0 Å². The number of aliphatic hydroxyl groups excluding tert-OH is 1. The summed E-state index contributed by atoms with van der Waals surface area (Å²) in [6.07, 6.45) is 4.01. The Morgan fingerprint density at radius 1 is 1.33 bits per heavy atom. The van der Waals surface area contributed by atoms with Crippen LogP contribution in [0.4, 0.5) is 0 Å². The highest BCUT2D eigenvalue weighted by Gasteiger charge is 2.36. The molecule has 1 heterocycles. The van der Waals surface area contributed by atoms with E-state index in [1.807, 2.05) is 6.92 Å². The van der Waals surface area contributed by atoms with Gasteiger partial charge in [-0.05, 0) is 50.4 Å². The molecule has 1 aliphatic heterocycles. The number of hydrogen-bond donors (Lipinski definition) is 2. The van der Waals surface area contributed by atoms with Crippen LogP contribution < -0.4 is 0 Å². The summed E-state index contributed by atoms with van der Waals surface area (Å²) in [4.78, 5) is 2.33. The maximum Gasteiger partial charge on any atom is 0.0758 e. The summed E-state index contributed by atoms with van der Waals surface area (Å²) in [7, 11) is 0. The first-order chi connectivity index (χ1) is 8.37. The Balaban J connectivity index is 1.87. The van der Waals surface area contributed by atoms with Crippen LogP contribution in [0.25, 0.3) is 0 Å². The quantitative estimate of drug-likeness (QED) is 0.809. The topological polar surface area (TPSA) is 43.7 Å². The fourth-order valence-corrected chi connectivity index (χ4v) is 3.61. The van der Waals surface area contributed by atoms with E-state index in [4.69, 9.17) is 0 Å². The molecule has 106 valence electrons. The summed E-state index contributed by atoms with van der Waals surface area (Å²) in [5, 5.41) is 20.2. The minimum Gasteiger partial charge on any atom is -0.393 e. The molecule has 2 rings (SSSR count). The van der Waals surface area contributed by atoms with E-state index >= 15 is 0 Å². The van der Waals surface area contributed by atoms with Gasteiger partial charge in [0.2, 0.25) is 0 Å². The fourth-order valence-electron chi connectivity index (χ4n) is 3.61. The minimum atomic E-state index is -0.517. The van der Waals surface area contributed by atoms with Crippen LogP contribution in [0.1, 0.15) is 46.5 Å². The van der Waals surface area contributed by atoms with Crippen molar-refractivity contribution < 1.29 is 10.2 Å². The van der Waals surface area contributed by atoms with Gasteiger partial charge in [0, 0.05) is 19.6 Å². The molecule has 4 atom stereocenters. The smallest absolute Gasteiger partial charge is 0.0758 e. The first kappa shape index (κ1) is 14.3. The maximum atomic E-state index is 10.2. The lowest BCUT2D eigenvalue weighted by Crippen LogP contribution is -2.40. The van der Waals surface area contributed by atoms with Crippen molar-refractivity contribution in [3.05, 3.63) is 0 Å². The Bertz CT molecular complexity index is 278. The van der Waals surface area contributed by atoms with Crippen molar-refractivity contribution in [1.29, 1.82) is 0 Å². The van der Waals surface area contributed by atoms with Crippen molar-refractivity contribution in [3.63, 3.8) is 0 Å². The van der Waals surface area contributed by atoms with E-state index in [0.29, 0.717) is 5.92 Å². The monoisotopic (exact) mass is 255 g/mol. The summed E-state index contributed by atoms with van der Waals surface area (Å²) < 4.78 is 0. The van der Waals surface area contributed by atoms with Gasteiger partial charge in [-0.2, -0.15) is 0 Å². The number of hydrogen-bond acceptors (Lipinski definition) is 3. The van der Waals surface area contributed by atoms with Crippen LogP contribution in [0, 0.1) is 17.8 Å². The molecule has 2 N–H and O–H groups in total. The third-order valence-corrected chi connectivity index (χ3v) is 4.95. The van der Waals surface area contributed by atoms with Gasteiger partial charge in [0.15, 0.2) is 0 Å². The zero-order chi connectivity index (χ0) is 13.3. The molecule has 2 aliphatic rings. The molecule has 0 aromatic carbocycles. The lowest BCUT2D eigenvalue weighted by atomic mass is 9.74. The molecule has 4 unspecified atom stereocenters. The zero-order valence-electron chi connectivity index (χ0n) is 12.1. The molecule has 1 saturated carbocycles. The number of rotatable bonds is 3. The second-order valence-corrected chi connectivity index (χ2v) is 7.13. The van der Waals surface area contributed by atoms with Gasteiger partial charge in [-0.25, -0.2) is 0 Å². The standard InChI is InChI=1S/C15H29NO2/c1-11(2)12-4-5-14(17)13(8-12)9-16-7-6-15(3,18)10-16/h11-14,17-18H,4-10H2,1-3H3. The van der Waals surface area contributed by atoms with E-state index in [1.165, 1.54) is 6.42 Å². The molecule has 3 nitrogen and oxygen atoms in total. The van der Waals surface area contributed by atoms with Crippen LogP contribution in [0.2, 0.25) is 0 Å². The molecule has 0 spiro atoms. The molecule has 0 amide bonds. The van der Waals surface area contributed by atoms with Gasteiger partial charge in [0.25, 0.3) is 0 Å². The Kier molecular flexibility index (Phi) is 4.35. The van der Waals surface area contributed by atoms with Gasteiger partial charge in [-0.1, -0.05) is 13.8 Å². The van der Waals surface area contributed by atoms with Gasteiger partial charge < -0.3 is 15.1 Å². The summed E-state index contributed by atoms with van der Waals surface area (Å²) in [6.45, 7) is 9.20. The summed E-state index contributed by atoms with van der Waals surface area (Å²) >= 11 is 0. The molecule has 1 saturated heterocycles. The first-order valence-corrected chi connectivity index (χ1v) is 7.50. The summed E-state index contributed by atoms with van der Waals surface area (Å²) in [5.41, 5.74) is -0.517. The molecule has 0 aromatic heterocycles. The zero-order valence-corrected chi connectivity index (χ0v) is 12.1. The lowest BCUT2D eigenvalue weighted by molar-refractivity contribution is 0.0146. The van der Waals surface area contributed by atoms with Crippen LogP contribution in [-0.2, 0) is 0 Å². The first-order valence-electron chi connectivity index (χ1n) is 7.50. The molecule has 2 fully saturated rings. The van der Waals surface area contributed by atoms with E-state index in [-0.39, 0.29) is 6.10 Å². The van der Waals surface area contributed by atoms with Crippen molar-refractivity contribution in [2.24, 2.45) is 17.8 Å². The van der Waals surface area contributed by atoms with E-state index in [9.17, 15) is 10.2 Å². The van der Waals surface area contributed by atoms with Crippen molar-refractivity contribution in [3.8, 4) is 0 Å². The highest BCUT2D eigenvalue weighted by molar-refractivity contribution is 4.89. The highest BCUT2D eigenvalue weighted by Crippen LogP contribution is 2.35. The van der Waals surface area contributed by atoms with Crippen LogP contribution in [-0.4, -0.2) is 46.5 Å². The molecule has 0 radical (unpaired) electrons. The minimum absolute atomic E-state index is 0.134. The fraction of sp³-hybridized carbons (Fsp3) is 1.00. The molecule has 3 heteroatoms. The number of likely N-dealkylation sites (tertiary alicyclic amines) is 1. The van der Waals surface area contributed by atoms with Gasteiger partial charge in [-0.3, -0.25) is 0 Å². The van der Waals surface area contributed by atoms with Crippen molar-refractivity contribution in [2.45, 2.75) is 58.2 Å². The Morgan fingerprint density at radius 3 is 2.61 bits per heavy atom. The van der Waals surface area contributed by atoms with Crippen LogP contribution in [0.15, 0.2) is 0 Å². The largest absolute Gasteiger partial charge is 0.393 e. The predicted molar refractivity (Wildman–Crippen MR) is 73.4 cm³/mol. The number of aliphatic hydroxyl groups is 2. The normalized spacial score (nSPS) is 42.7. The third-order valence-electron chi connectivity index (χ3n) is 4.95. The molecule has 0 aromatic rings. The van der Waals surface area contributed by atoms with E-state index in [0.717, 1.165) is 50.7 Å². The van der Waals surface area contributed by atoms with E-state index < -0.39 is 5.60 Å². The average Bonchev–Trinajstić information content (AvgIpc) is 2.61. The number of nitrogens with zero attached hydrogens (tertiary/aromatic N) is 1. The van der Waals surface area contributed by atoms with E-state index in [2.05, 4.69) is 18.7 Å². The molecule has 18 heavy (non-hydrogen) atoms. The van der Waals surface area contributed by atoms with Crippen molar-refractivity contribution in [1.82, 2.24) is 4.90 Å². The van der Waals surface area contributed by atoms with E-state index in [1.54, 1.807) is 0 Å². The summed E-state index contributed by atoms with van der Waals surface area (Å²) in [5.74, 6) is 1.89. The SMILES string of the molecule is CC(C)C1CCC(O)C(CN2CCC(C)(O)C2)C1.